The minimum absolute atomic E-state index is 0.278. The minimum Gasteiger partial charge on any atom is -0.352 e. The van der Waals surface area contributed by atoms with Gasteiger partial charge in [-0.25, -0.2) is 13.5 Å². The second-order valence-electron chi connectivity index (χ2n) is 5.19. The molecule has 0 bridgehead atoms. The van der Waals surface area contributed by atoms with Gasteiger partial charge < -0.3 is 5.32 Å². The predicted molar refractivity (Wildman–Crippen MR) is 86.0 cm³/mol. The number of nitrogens with one attached hydrogen (secondary N) is 1. The molecule has 2 aromatic carbocycles. The number of carbonyl (C=O) groups is 1. The zero-order valence-electron chi connectivity index (χ0n) is 12.7. The van der Waals surface area contributed by atoms with Gasteiger partial charge in [-0.1, -0.05) is 24.3 Å². The highest BCUT2D eigenvalue weighted by molar-refractivity contribution is 5.94. The van der Waals surface area contributed by atoms with Crippen molar-refractivity contribution in [3.8, 4) is 5.69 Å². The molecule has 0 fully saturated rings. The Kier molecular flexibility index (Phi) is 4.65. The van der Waals surface area contributed by atoms with E-state index in [4.69, 9.17) is 0 Å². The van der Waals surface area contributed by atoms with Gasteiger partial charge in [-0.3, -0.25) is 4.79 Å². The normalized spacial score (nSPS) is 10.6. The summed E-state index contributed by atoms with van der Waals surface area (Å²) < 4.78 is 28.4. The maximum absolute atomic E-state index is 13.5. The van der Waals surface area contributed by atoms with Crippen molar-refractivity contribution in [2.45, 2.75) is 6.42 Å². The monoisotopic (exact) mass is 327 g/mol. The standard InChI is InChI=1S/C18H15F2N3O/c19-16-8-4-7-15(17(16)20)18(24)21-11-9-13-10-12-23(22-13)14-5-2-1-3-6-14/h1-8,10,12H,9,11H2,(H,21,24). The van der Waals surface area contributed by atoms with Crippen LogP contribution in [0, 0.1) is 11.6 Å². The lowest BCUT2D eigenvalue weighted by Crippen LogP contribution is -2.27. The van der Waals surface area contributed by atoms with E-state index in [0.29, 0.717) is 6.42 Å². The second-order valence-corrected chi connectivity index (χ2v) is 5.19. The first-order chi connectivity index (χ1) is 11.6. The molecule has 3 rings (SSSR count). The summed E-state index contributed by atoms with van der Waals surface area (Å²) in [7, 11) is 0. The van der Waals surface area contributed by atoms with E-state index in [1.807, 2.05) is 42.6 Å². The number of para-hydroxylation sites is 1. The van der Waals surface area contributed by atoms with Gasteiger partial charge in [-0.15, -0.1) is 0 Å². The first kappa shape index (κ1) is 15.9. The Labute approximate surface area is 137 Å². The van der Waals surface area contributed by atoms with E-state index in [9.17, 15) is 13.6 Å². The van der Waals surface area contributed by atoms with Crippen molar-refractivity contribution in [1.82, 2.24) is 15.1 Å². The Hall–Kier alpha value is -3.02. The van der Waals surface area contributed by atoms with E-state index >= 15 is 0 Å². The number of amides is 1. The van der Waals surface area contributed by atoms with Gasteiger partial charge in [0.25, 0.3) is 5.91 Å². The molecule has 0 atom stereocenters. The lowest BCUT2D eigenvalue weighted by molar-refractivity contribution is 0.0949. The lowest BCUT2D eigenvalue weighted by Gasteiger charge is -2.05. The summed E-state index contributed by atoms with van der Waals surface area (Å²) in [6, 6.07) is 15.0. The van der Waals surface area contributed by atoms with E-state index in [1.54, 1.807) is 4.68 Å². The van der Waals surface area contributed by atoms with Crippen LogP contribution in [-0.2, 0) is 6.42 Å². The maximum atomic E-state index is 13.5. The third-order valence-corrected chi connectivity index (χ3v) is 3.53. The number of halogens is 2. The van der Waals surface area contributed by atoms with Gasteiger partial charge in [0, 0.05) is 19.2 Å². The highest BCUT2D eigenvalue weighted by Crippen LogP contribution is 2.11. The number of rotatable bonds is 5. The van der Waals surface area contributed by atoms with Gasteiger partial charge in [0.2, 0.25) is 0 Å². The quantitative estimate of drug-likeness (QED) is 0.783. The molecule has 0 saturated carbocycles. The molecule has 24 heavy (non-hydrogen) atoms. The summed E-state index contributed by atoms with van der Waals surface area (Å²) in [6.45, 7) is 0.278. The van der Waals surface area contributed by atoms with Crippen LogP contribution in [0.3, 0.4) is 0 Å². The zero-order valence-corrected chi connectivity index (χ0v) is 12.7. The summed E-state index contributed by atoms with van der Waals surface area (Å²) in [5, 5.41) is 6.98. The van der Waals surface area contributed by atoms with E-state index in [1.165, 1.54) is 12.1 Å². The van der Waals surface area contributed by atoms with Gasteiger partial charge in [-0.05, 0) is 30.3 Å². The maximum Gasteiger partial charge on any atom is 0.254 e. The molecule has 4 nitrogen and oxygen atoms in total. The number of carbonyl (C=O) groups excluding carboxylic acids is 1. The minimum atomic E-state index is -1.14. The van der Waals surface area contributed by atoms with E-state index in [0.717, 1.165) is 17.4 Å². The van der Waals surface area contributed by atoms with E-state index < -0.39 is 17.5 Å². The van der Waals surface area contributed by atoms with Gasteiger partial charge in [0.05, 0.1) is 16.9 Å². The third kappa shape index (κ3) is 3.48. The molecule has 1 aromatic heterocycles. The van der Waals surface area contributed by atoms with Crippen molar-refractivity contribution >= 4 is 5.91 Å². The van der Waals surface area contributed by atoms with Crippen LogP contribution in [0.4, 0.5) is 8.78 Å². The fourth-order valence-electron chi connectivity index (χ4n) is 2.30. The topological polar surface area (TPSA) is 46.9 Å². The molecule has 1 heterocycles. The van der Waals surface area contributed by atoms with Crippen LogP contribution in [-0.4, -0.2) is 22.2 Å². The molecule has 0 aliphatic rings. The molecule has 0 radical (unpaired) electrons. The molecule has 0 aliphatic heterocycles. The van der Waals surface area contributed by atoms with E-state index in [-0.39, 0.29) is 12.1 Å². The zero-order chi connectivity index (χ0) is 16.9. The van der Waals surface area contributed by atoms with Gasteiger partial charge in [0.15, 0.2) is 11.6 Å². The summed E-state index contributed by atoms with van der Waals surface area (Å²) in [5.41, 5.74) is 1.43. The van der Waals surface area contributed by atoms with Crippen molar-refractivity contribution in [2.75, 3.05) is 6.54 Å². The van der Waals surface area contributed by atoms with E-state index in [2.05, 4.69) is 10.4 Å². The summed E-state index contributed by atoms with van der Waals surface area (Å²) in [6.07, 6.45) is 2.32. The van der Waals surface area contributed by atoms with Crippen molar-refractivity contribution in [1.29, 1.82) is 0 Å². The Bertz CT molecular complexity index is 846. The molecule has 0 saturated heterocycles. The van der Waals surface area contributed by atoms with Crippen molar-refractivity contribution in [2.24, 2.45) is 0 Å². The first-order valence-electron chi connectivity index (χ1n) is 7.47. The molecule has 6 heteroatoms. The second kappa shape index (κ2) is 7.04. The van der Waals surface area contributed by atoms with Gasteiger partial charge in [-0.2, -0.15) is 5.10 Å². The Morgan fingerprint density at radius 1 is 1.04 bits per heavy atom. The summed E-state index contributed by atoms with van der Waals surface area (Å²) >= 11 is 0. The summed E-state index contributed by atoms with van der Waals surface area (Å²) in [5.74, 6) is -2.82. The fourth-order valence-corrected chi connectivity index (χ4v) is 2.30. The molecule has 1 N–H and O–H groups in total. The average Bonchev–Trinajstić information content (AvgIpc) is 3.07. The van der Waals surface area contributed by atoms with Crippen molar-refractivity contribution < 1.29 is 13.6 Å². The molecule has 0 unspecified atom stereocenters. The van der Waals surface area contributed by atoms with Crippen LogP contribution >= 0.6 is 0 Å². The highest BCUT2D eigenvalue weighted by Gasteiger charge is 2.14. The van der Waals surface area contributed by atoms with Crippen LogP contribution in [0.2, 0.25) is 0 Å². The number of nitrogens with zero attached hydrogens (tertiary/aromatic N) is 2. The molecular formula is C18H15F2N3O. The van der Waals surface area contributed by atoms with Crippen LogP contribution < -0.4 is 5.32 Å². The first-order valence-corrected chi connectivity index (χ1v) is 7.47. The number of benzene rings is 2. The third-order valence-electron chi connectivity index (χ3n) is 3.53. The SMILES string of the molecule is O=C(NCCc1ccn(-c2ccccc2)n1)c1cccc(F)c1F. The van der Waals surface area contributed by atoms with Crippen molar-refractivity contribution in [3.05, 3.63) is 83.7 Å². The van der Waals surface area contributed by atoms with Crippen LogP contribution in [0.15, 0.2) is 60.8 Å². The predicted octanol–water partition coefficient (Wildman–Crippen LogP) is 3.12. The van der Waals surface area contributed by atoms with Crippen LogP contribution in [0.5, 0.6) is 0 Å². The smallest absolute Gasteiger partial charge is 0.254 e. The largest absolute Gasteiger partial charge is 0.352 e. The molecular weight excluding hydrogens is 312 g/mol. The Balaban J connectivity index is 1.58. The Morgan fingerprint density at radius 3 is 2.62 bits per heavy atom. The van der Waals surface area contributed by atoms with Crippen LogP contribution in [0.25, 0.3) is 5.69 Å². The average molecular weight is 327 g/mol. The fraction of sp³-hybridized carbons (Fsp3) is 0.111. The number of aromatic nitrogens is 2. The lowest BCUT2D eigenvalue weighted by atomic mass is 10.2. The molecule has 0 spiro atoms. The molecule has 122 valence electrons. The number of hydrogen-bond acceptors (Lipinski definition) is 2. The Morgan fingerprint density at radius 2 is 1.83 bits per heavy atom. The number of hydrogen-bond donors (Lipinski definition) is 1. The van der Waals surface area contributed by atoms with Crippen LogP contribution in [0.1, 0.15) is 16.1 Å². The van der Waals surface area contributed by atoms with Crippen molar-refractivity contribution in [3.63, 3.8) is 0 Å². The summed E-state index contributed by atoms with van der Waals surface area (Å²) in [4.78, 5) is 11.9. The van der Waals surface area contributed by atoms with Gasteiger partial charge >= 0.3 is 0 Å². The van der Waals surface area contributed by atoms with Gasteiger partial charge in [0.1, 0.15) is 0 Å². The molecule has 1 amide bonds. The molecule has 0 aliphatic carbocycles. The highest BCUT2D eigenvalue weighted by atomic mass is 19.2. The molecule has 3 aromatic rings.